The van der Waals surface area contributed by atoms with Crippen molar-refractivity contribution >= 4 is 21.7 Å². The second-order valence-corrected chi connectivity index (χ2v) is 14.0. The van der Waals surface area contributed by atoms with Gasteiger partial charge in [-0.3, -0.25) is 9.59 Å². The molecule has 6 nitrogen and oxygen atoms in total. The summed E-state index contributed by atoms with van der Waals surface area (Å²) in [6.45, 7) is 2.92. The van der Waals surface area contributed by atoms with E-state index < -0.39 is 9.84 Å². The highest BCUT2D eigenvalue weighted by molar-refractivity contribution is 7.92. The van der Waals surface area contributed by atoms with E-state index in [1.807, 2.05) is 0 Å². The first-order valence-electron chi connectivity index (χ1n) is 14.2. The fraction of sp³-hybridized carbons (Fsp3) is 0.926. The summed E-state index contributed by atoms with van der Waals surface area (Å²) in [6, 6.07) is 0.610. The van der Waals surface area contributed by atoms with Crippen LogP contribution in [0.3, 0.4) is 0 Å². The van der Waals surface area contributed by atoms with Crippen LogP contribution in [0.25, 0.3) is 0 Å². The van der Waals surface area contributed by atoms with Crippen LogP contribution in [0.1, 0.15) is 110 Å². The van der Waals surface area contributed by atoms with Crippen LogP contribution in [0.15, 0.2) is 0 Å². The molecule has 0 aromatic heterocycles. The lowest BCUT2D eigenvalue weighted by atomic mass is 9.83. The van der Waals surface area contributed by atoms with Crippen molar-refractivity contribution in [3.63, 3.8) is 0 Å². The highest BCUT2D eigenvalue weighted by atomic mass is 32.2. The van der Waals surface area contributed by atoms with Crippen molar-refractivity contribution in [2.75, 3.05) is 12.3 Å². The van der Waals surface area contributed by atoms with E-state index in [0.717, 1.165) is 83.6 Å². The standard InChI is InChI=1S/C27H46N2O4S/c1-2-29(24-6-4-3-5-7-24)27(31)22-12-14-23(15-13-22)28-26(30)18-20-10-16-25(17-11-20)34(32,33)19-21-8-9-21/h20-25H,2-19H2,1H3,(H,28,30). The average Bonchev–Trinajstić information content (AvgIpc) is 3.64. The Morgan fingerprint density at radius 2 is 1.41 bits per heavy atom. The number of sulfone groups is 1. The summed E-state index contributed by atoms with van der Waals surface area (Å²) in [4.78, 5) is 28.0. The van der Waals surface area contributed by atoms with Crippen LogP contribution in [0, 0.1) is 17.8 Å². The minimum absolute atomic E-state index is 0.108. The third kappa shape index (κ3) is 6.98. The first-order valence-corrected chi connectivity index (χ1v) is 15.9. The molecule has 0 aromatic carbocycles. The Balaban J connectivity index is 1.15. The van der Waals surface area contributed by atoms with Gasteiger partial charge in [0.2, 0.25) is 11.8 Å². The second-order valence-electron chi connectivity index (χ2n) is 11.7. The maximum absolute atomic E-state index is 13.2. The zero-order valence-electron chi connectivity index (χ0n) is 21.2. The Bertz CT molecular complexity index is 787. The lowest BCUT2D eigenvalue weighted by molar-refractivity contribution is -0.139. The van der Waals surface area contributed by atoms with Crippen LogP contribution in [0.5, 0.6) is 0 Å². The van der Waals surface area contributed by atoms with Crippen molar-refractivity contribution < 1.29 is 18.0 Å². The van der Waals surface area contributed by atoms with Crippen molar-refractivity contribution in [3.05, 3.63) is 0 Å². The monoisotopic (exact) mass is 494 g/mol. The maximum atomic E-state index is 13.2. The van der Waals surface area contributed by atoms with Gasteiger partial charge >= 0.3 is 0 Å². The van der Waals surface area contributed by atoms with E-state index >= 15 is 0 Å². The van der Waals surface area contributed by atoms with Crippen LogP contribution in [-0.4, -0.2) is 54.8 Å². The number of carbonyl (C=O) groups is 2. The minimum Gasteiger partial charge on any atom is -0.353 e. The maximum Gasteiger partial charge on any atom is 0.225 e. The normalized spacial score (nSPS) is 31.1. The number of rotatable bonds is 9. The summed E-state index contributed by atoms with van der Waals surface area (Å²) >= 11 is 0. The molecule has 34 heavy (non-hydrogen) atoms. The topological polar surface area (TPSA) is 83.6 Å². The van der Waals surface area contributed by atoms with E-state index in [-0.39, 0.29) is 23.1 Å². The zero-order chi connectivity index (χ0) is 24.1. The third-order valence-corrected chi connectivity index (χ3v) is 11.4. The predicted octanol–water partition coefficient (Wildman–Crippen LogP) is 4.62. The molecule has 7 heteroatoms. The number of amides is 2. The summed E-state index contributed by atoms with van der Waals surface area (Å²) in [5.74, 6) is 1.66. The molecule has 0 radical (unpaired) electrons. The number of nitrogens with one attached hydrogen (secondary N) is 1. The first-order chi connectivity index (χ1) is 16.4. The third-order valence-electron chi connectivity index (χ3n) is 9.02. The van der Waals surface area contributed by atoms with E-state index in [9.17, 15) is 18.0 Å². The van der Waals surface area contributed by atoms with Gasteiger partial charge in [-0.1, -0.05) is 19.3 Å². The average molecular weight is 495 g/mol. The van der Waals surface area contributed by atoms with Gasteiger partial charge in [0.1, 0.15) is 0 Å². The van der Waals surface area contributed by atoms with Gasteiger partial charge in [-0.15, -0.1) is 0 Å². The summed E-state index contributed by atoms with van der Waals surface area (Å²) < 4.78 is 25.1. The Morgan fingerprint density at radius 1 is 0.794 bits per heavy atom. The molecule has 0 unspecified atom stereocenters. The van der Waals surface area contributed by atoms with Crippen molar-refractivity contribution in [2.24, 2.45) is 17.8 Å². The quantitative estimate of drug-likeness (QED) is 0.507. The Hall–Kier alpha value is -1.11. The zero-order valence-corrected chi connectivity index (χ0v) is 22.0. The summed E-state index contributed by atoms with van der Waals surface area (Å²) in [5.41, 5.74) is 0. The second kappa shape index (κ2) is 11.7. The number of nitrogens with zero attached hydrogens (tertiary/aromatic N) is 1. The highest BCUT2D eigenvalue weighted by Gasteiger charge is 2.36. The van der Waals surface area contributed by atoms with E-state index in [1.54, 1.807) is 0 Å². The van der Waals surface area contributed by atoms with Gasteiger partial charge < -0.3 is 10.2 Å². The molecule has 0 aliphatic heterocycles. The lowest BCUT2D eigenvalue weighted by Gasteiger charge is -2.38. The van der Waals surface area contributed by atoms with Gasteiger partial charge in [0.15, 0.2) is 9.84 Å². The number of hydrogen-bond acceptors (Lipinski definition) is 4. The van der Waals surface area contributed by atoms with E-state index in [2.05, 4.69) is 17.1 Å². The predicted molar refractivity (Wildman–Crippen MR) is 135 cm³/mol. The molecule has 2 amide bonds. The molecule has 1 N–H and O–H groups in total. The van der Waals surface area contributed by atoms with Crippen molar-refractivity contribution in [1.82, 2.24) is 10.2 Å². The van der Waals surface area contributed by atoms with E-state index in [4.69, 9.17) is 0 Å². The van der Waals surface area contributed by atoms with Crippen LogP contribution >= 0.6 is 0 Å². The molecule has 194 valence electrons. The lowest BCUT2D eigenvalue weighted by Crippen LogP contribution is -2.46. The highest BCUT2D eigenvalue weighted by Crippen LogP contribution is 2.36. The Kier molecular flexibility index (Phi) is 8.97. The van der Waals surface area contributed by atoms with Crippen LogP contribution in [-0.2, 0) is 19.4 Å². The van der Waals surface area contributed by atoms with Crippen molar-refractivity contribution in [3.8, 4) is 0 Å². The molecule has 0 heterocycles. The Morgan fingerprint density at radius 3 is 2.00 bits per heavy atom. The van der Waals surface area contributed by atoms with Crippen molar-refractivity contribution in [2.45, 2.75) is 127 Å². The molecule has 4 aliphatic carbocycles. The molecule has 4 aliphatic rings. The van der Waals surface area contributed by atoms with Crippen LogP contribution in [0.2, 0.25) is 0 Å². The summed E-state index contributed by atoms with van der Waals surface area (Å²) in [7, 11) is -2.95. The molecule has 0 atom stereocenters. The molecule has 0 spiro atoms. The van der Waals surface area contributed by atoms with Gasteiger partial charge in [-0.25, -0.2) is 8.42 Å². The fourth-order valence-corrected chi connectivity index (χ4v) is 8.95. The Labute approximate surface area is 206 Å². The molecule has 4 fully saturated rings. The largest absolute Gasteiger partial charge is 0.353 e. The van der Waals surface area contributed by atoms with Crippen LogP contribution in [0.4, 0.5) is 0 Å². The molecular weight excluding hydrogens is 448 g/mol. The molecule has 4 saturated carbocycles. The molecule has 0 bridgehead atoms. The van der Waals surface area contributed by atoms with Crippen LogP contribution < -0.4 is 5.32 Å². The molecule has 0 saturated heterocycles. The SMILES string of the molecule is CCN(C(=O)C1CCC(NC(=O)CC2CCC(S(=O)(=O)CC3CC3)CC2)CC1)C1CCCCC1. The summed E-state index contributed by atoms with van der Waals surface area (Å²) in [5, 5.41) is 3.04. The minimum atomic E-state index is -2.95. The molecule has 4 rings (SSSR count). The van der Waals surface area contributed by atoms with Gasteiger partial charge in [0, 0.05) is 31.0 Å². The first kappa shape index (κ1) is 26.0. The van der Waals surface area contributed by atoms with Gasteiger partial charge in [0.25, 0.3) is 0 Å². The van der Waals surface area contributed by atoms with Crippen molar-refractivity contribution in [1.29, 1.82) is 0 Å². The summed E-state index contributed by atoms with van der Waals surface area (Å²) in [6.07, 6.45) is 15.4. The van der Waals surface area contributed by atoms with Gasteiger partial charge in [-0.2, -0.15) is 0 Å². The smallest absolute Gasteiger partial charge is 0.225 e. The number of carbonyl (C=O) groups excluding carboxylic acids is 2. The number of hydrogen-bond donors (Lipinski definition) is 1. The van der Waals surface area contributed by atoms with Gasteiger partial charge in [-0.05, 0) is 95.8 Å². The van der Waals surface area contributed by atoms with E-state index in [0.29, 0.717) is 36.0 Å². The van der Waals surface area contributed by atoms with E-state index in [1.165, 1.54) is 19.3 Å². The van der Waals surface area contributed by atoms with Gasteiger partial charge in [0.05, 0.1) is 11.0 Å². The molecule has 0 aromatic rings. The molecular formula is C27H46N2O4S. The fourth-order valence-electron chi connectivity index (χ4n) is 6.70.